The number of nitrogens with one attached hydrogen (secondary N) is 2. The molecule has 1 aromatic carbocycles. The molecule has 0 aliphatic carbocycles. The van der Waals surface area contributed by atoms with Gasteiger partial charge < -0.3 is 20.3 Å². The lowest BCUT2D eigenvalue weighted by atomic mass is 10.0. The van der Waals surface area contributed by atoms with E-state index >= 15 is 0 Å². The van der Waals surface area contributed by atoms with E-state index in [0.717, 1.165) is 50.8 Å². The molecule has 0 aromatic heterocycles. The zero-order valence-corrected chi connectivity index (χ0v) is 20.7. The van der Waals surface area contributed by atoms with Gasteiger partial charge in [-0.15, -0.1) is 0 Å². The van der Waals surface area contributed by atoms with E-state index in [4.69, 9.17) is 4.74 Å². The van der Waals surface area contributed by atoms with Gasteiger partial charge in [0.1, 0.15) is 5.75 Å². The summed E-state index contributed by atoms with van der Waals surface area (Å²) in [6.07, 6.45) is 5.24. The third-order valence-corrected chi connectivity index (χ3v) is 6.39. The Bertz CT molecular complexity index is 842. The third-order valence-electron chi connectivity index (χ3n) is 6.39. The highest BCUT2D eigenvalue weighted by atomic mass is 16.5. The quantitative estimate of drug-likeness (QED) is 0.637. The minimum absolute atomic E-state index is 0.0164. The monoisotopic (exact) mass is 472 g/mol. The molecule has 3 rings (SSSR count). The molecule has 34 heavy (non-hydrogen) atoms. The van der Waals surface area contributed by atoms with Crippen molar-refractivity contribution in [2.24, 2.45) is 5.92 Å². The van der Waals surface area contributed by atoms with E-state index in [0.29, 0.717) is 63.0 Å². The second-order valence-electron chi connectivity index (χ2n) is 9.67. The zero-order valence-electron chi connectivity index (χ0n) is 20.7. The van der Waals surface area contributed by atoms with Crippen molar-refractivity contribution in [3.8, 4) is 5.75 Å². The number of fused-ring (bicyclic) bond motifs is 1. The van der Waals surface area contributed by atoms with E-state index in [9.17, 15) is 14.4 Å². The van der Waals surface area contributed by atoms with Crippen molar-refractivity contribution in [2.45, 2.75) is 58.9 Å². The van der Waals surface area contributed by atoms with Crippen LogP contribution in [0.15, 0.2) is 18.2 Å². The Morgan fingerprint density at radius 2 is 1.97 bits per heavy atom. The van der Waals surface area contributed by atoms with Gasteiger partial charge in [0.15, 0.2) is 0 Å². The van der Waals surface area contributed by atoms with Crippen LogP contribution in [0.2, 0.25) is 0 Å². The molecule has 2 heterocycles. The van der Waals surface area contributed by atoms with Crippen LogP contribution in [0.1, 0.15) is 68.3 Å². The Morgan fingerprint density at radius 3 is 2.74 bits per heavy atom. The molecular formula is C26H40N4O4. The number of rotatable bonds is 7. The molecule has 0 unspecified atom stereocenters. The Balaban J connectivity index is 1.78. The van der Waals surface area contributed by atoms with Gasteiger partial charge in [0, 0.05) is 50.3 Å². The van der Waals surface area contributed by atoms with Gasteiger partial charge in [-0.3, -0.25) is 19.3 Å². The largest absolute Gasteiger partial charge is 0.493 e. The standard InChI is InChI=1S/C26H40N4O4/c1-20(2)11-15-29-18-22-21(26(33)28-13-16-30-14-7-10-25(30)32)8-6-9-23(22)34-17-5-3-4-12-27-24(31)19-29/h6,8-9,20H,3-5,7,10-19H2,1-2H3,(H,27,31)(H,28,33). The maximum absolute atomic E-state index is 13.2. The van der Waals surface area contributed by atoms with Crippen molar-refractivity contribution >= 4 is 17.7 Å². The molecule has 0 spiro atoms. The highest BCUT2D eigenvalue weighted by Gasteiger charge is 2.22. The van der Waals surface area contributed by atoms with Crippen molar-refractivity contribution < 1.29 is 19.1 Å². The van der Waals surface area contributed by atoms with E-state index in [1.54, 1.807) is 4.90 Å². The molecule has 1 fully saturated rings. The van der Waals surface area contributed by atoms with Crippen LogP contribution in [-0.4, -0.2) is 73.4 Å². The first-order chi connectivity index (χ1) is 16.4. The number of hydrogen-bond donors (Lipinski definition) is 2. The lowest BCUT2D eigenvalue weighted by Crippen LogP contribution is -2.39. The Kier molecular flexibility index (Phi) is 10.2. The van der Waals surface area contributed by atoms with E-state index in [1.165, 1.54) is 0 Å². The van der Waals surface area contributed by atoms with E-state index < -0.39 is 0 Å². The molecule has 0 saturated carbocycles. The maximum Gasteiger partial charge on any atom is 0.251 e. The van der Waals surface area contributed by atoms with Gasteiger partial charge in [0.05, 0.1) is 13.2 Å². The number of hydrogen-bond acceptors (Lipinski definition) is 5. The molecule has 8 heteroatoms. The minimum Gasteiger partial charge on any atom is -0.493 e. The van der Waals surface area contributed by atoms with Crippen molar-refractivity contribution in [2.75, 3.05) is 45.9 Å². The van der Waals surface area contributed by atoms with Crippen LogP contribution in [0.4, 0.5) is 0 Å². The van der Waals surface area contributed by atoms with E-state index in [1.807, 2.05) is 18.2 Å². The summed E-state index contributed by atoms with van der Waals surface area (Å²) in [5.74, 6) is 1.21. The number of ether oxygens (including phenoxy) is 1. The lowest BCUT2D eigenvalue weighted by Gasteiger charge is -2.25. The molecule has 2 aliphatic heterocycles. The van der Waals surface area contributed by atoms with Crippen molar-refractivity contribution in [1.29, 1.82) is 0 Å². The highest BCUT2D eigenvalue weighted by molar-refractivity contribution is 5.96. The summed E-state index contributed by atoms with van der Waals surface area (Å²) in [6, 6.07) is 5.58. The SMILES string of the molecule is CC(C)CCN1CC(=O)NCCCCCOc2cccc(C(=O)NCCN3CCCC3=O)c2C1. The van der Waals surface area contributed by atoms with E-state index in [-0.39, 0.29) is 17.7 Å². The second-order valence-corrected chi connectivity index (χ2v) is 9.67. The van der Waals surface area contributed by atoms with Gasteiger partial charge >= 0.3 is 0 Å². The number of likely N-dealkylation sites (tertiary alicyclic amines) is 1. The minimum atomic E-state index is -0.176. The van der Waals surface area contributed by atoms with Crippen LogP contribution >= 0.6 is 0 Å². The number of benzene rings is 1. The smallest absolute Gasteiger partial charge is 0.251 e. The van der Waals surface area contributed by atoms with Crippen molar-refractivity contribution in [3.05, 3.63) is 29.3 Å². The normalized spacial score (nSPS) is 18.4. The number of amides is 3. The molecule has 2 N–H and O–H groups in total. The van der Waals surface area contributed by atoms with Crippen LogP contribution < -0.4 is 15.4 Å². The third kappa shape index (κ3) is 8.01. The van der Waals surface area contributed by atoms with Crippen LogP contribution in [0.5, 0.6) is 5.75 Å². The molecule has 8 nitrogen and oxygen atoms in total. The Morgan fingerprint density at radius 1 is 1.12 bits per heavy atom. The first-order valence-electron chi connectivity index (χ1n) is 12.7. The van der Waals surface area contributed by atoms with Crippen molar-refractivity contribution in [3.63, 3.8) is 0 Å². The summed E-state index contributed by atoms with van der Waals surface area (Å²) in [5, 5.41) is 6.01. The topological polar surface area (TPSA) is 91.0 Å². The van der Waals surface area contributed by atoms with E-state index in [2.05, 4.69) is 29.4 Å². The number of carbonyl (C=O) groups excluding carboxylic acids is 3. The summed E-state index contributed by atoms with van der Waals surface area (Å²) in [6.45, 7) is 8.80. The molecule has 1 saturated heterocycles. The molecule has 2 aliphatic rings. The highest BCUT2D eigenvalue weighted by Crippen LogP contribution is 2.26. The average molecular weight is 473 g/mol. The fraction of sp³-hybridized carbons (Fsp3) is 0.654. The Labute approximate surface area is 203 Å². The predicted octanol–water partition coefficient (Wildman–Crippen LogP) is 2.57. The molecule has 1 aromatic rings. The van der Waals surface area contributed by atoms with Crippen molar-refractivity contribution in [1.82, 2.24) is 20.4 Å². The summed E-state index contributed by atoms with van der Waals surface area (Å²) >= 11 is 0. The zero-order chi connectivity index (χ0) is 24.3. The first-order valence-corrected chi connectivity index (χ1v) is 12.7. The predicted molar refractivity (Wildman–Crippen MR) is 132 cm³/mol. The van der Waals surface area contributed by atoms with Crippen LogP contribution in [0, 0.1) is 5.92 Å². The summed E-state index contributed by atoms with van der Waals surface area (Å²) in [5.41, 5.74) is 1.38. The van der Waals surface area contributed by atoms with Gasteiger partial charge in [0.25, 0.3) is 5.91 Å². The Hall–Kier alpha value is -2.61. The van der Waals surface area contributed by atoms with Gasteiger partial charge in [-0.05, 0) is 56.7 Å². The maximum atomic E-state index is 13.2. The average Bonchev–Trinajstić information content (AvgIpc) is 3.21. The summed E-state index contributed by atoms with van der Waals surface area (Å²) < 4.78 is 6.13. The second kappa shape index (κ2) is 13.3. The molecule has 0 radical (unpaired) electrons. The number of carbonyl (C=O) groups is 3. The first kappa shape index (κ1) is 26.0. The molecular weight excluding hydrogens is 432 g/mol. The van der Waals surface area contributed by atoms with Crippen LogP contribution in [0.25, 0.3) is 0 Å². The molecule has 0 bridgehead atoms. The molecule has 188 valence electrons. The fourth-order valence-electron chi connectivity index (χ4n) is 4.37. The summed E-state index contributed by atoms with van der Waals surface area (Å²) in [7, 11) is 0. The van der Waals surface area contributed by atoms with Gasteiger partial charge in [-0.2, -0.15) is 0 Å². The summed E-state index contributed by atoms with van der Waals surface area (Å²) in [4.78, 5) is 41.5. The lowest BCUT2D eigenvalue weighted by molar-refractivity contribution is -0.127. The fourth-order valence-corrected chi connectivity index (χ4v) is 4.37. The van der Waals surface area contributed by atoms with Gasteiger partial charge in [-0.1, -0.05) is 19.9 Å². The van der Waals surface area contributed by atoms with Crippen LogP contribution in [-0.2, 0) is 16.1 Å². The van der Waals surface area contributed by atoms with Crippen LogP contribution in [0.3, 0.4) is 0 Å². The molecule has 0 atom stereocenters. The molecule has 3 amide bonds. The van der Waals surface area contributed by atoms with Gasteiger partial charge in [0.2, 0.25) is 11.8 Å². The van der Waals surface area contributed by atoms with Gasteiger partial charge in [-0.25, -0.2) is 0 Å². The number of nitrogens with zero attached hydrogens (tertiary/aromatic N) is 2.